The Balaban J connectivity index is 1.98. The Morgan fingerprint density at radius 2 is 1.44 bits per heavy atom. The molecule has 1 amide bonds. The van der Waals surface area contributed by atoms with Crippen LogP contribution in [0.25, 0.3) is 0 Å². The number of rotatable bonds is 11. The lowest BCUT2D eigenvalue weighted by molar-refractivity contribution is -0.120. The van der Waals surface area contributed by atoms with Gasteiger partial charge in [0, 0.05) is 6.07 Å². The summed E-state index contributed by atoms with van der Waals surface area (Å²) in [5.41, 5.74) is 4.14. The number of anilines is 1. The van der Waals surface area contributed by atoms with Crippen LogP contribution < -0.4 is 23.8 Å². The van der Waals surface area contributed by atoms with E-state index in [4.69, 9.17) is 14.2 Å². The summed E-state index contributed by atoms with van der Waals surface area (Å²) >= 11 is 0. The van der Waals surface area contributed by atoms with Crippen LogP contribution in [0.5, 0.6) is 17.2 Å². The summed E-state index contributed by atoms with van der Waals surface area (Å²) in [6.07, 6.45) is 0. The van der Waals surface area contributed by atoms with Crippen LogP contribution in [-0.2, 0) is 14.8 Å². The number of nitrogens with one attached hydrogen (secondary N) is 1. The molecular formula is C30H38N2O6S. The lowest BCUT2D eigenvalue weighted by Gasteiger charge is -2.26. The van der Waals surface area contributed by atoms with Crippen LogP contribution in [0.1, 0.15) is 55.0 Å². The third kappa shape index (κ3) is 6.65. The number of carbonyl (C=O) groups excluding carboxylic acids is 1. The number of ether oxygens (including phenoxy) is 3. The van der Waals surface area contributed by atoms with Gasteiger partial charge in [0.25, 0.3) is 10.0 Å². The molecule has 1 atom stereocenters. The Bertz CT molecular complexity index is 1420. The second-order valence-corrected chi connectivity index (χ2v) is 11.6. The van der Waals surface area contributed by atoms with Gasteiger partial charge in [-0.25, -0.2) is 8.42 Å². The smallest absolute Gasteiger partial charge is 0.264 e. The molecule has 0 saturated carbocycles. The van der Waals surface area contributed by atoms with Crippen LogP contribution in [0, 0.1) is 13.8 Å². The fraction of sp³-hybridized carbons (Fsp3) is 0.367. The highest BCUT2D eigenvalue weighted by molar-refractivity contribution is 7.92. The standard InChI is InChI=1S/C30H38N2O6S/c1-19(2)25-17-26(21(4)15-28(25)37-7)22(5)31-30(33)18-32(23-11-14-27(36-6)29(16-23)38-8)39(34,35)24-12-9-20(3)10-13-24/h9-17,19,22H,18H2,1-8H3,(H,31,33)/t22-/m1/s1. The van der Waals surface area contributed by atoms with E-state index < -0.39 is 22.5 Å². The maximum atomic E-state index is 13.8. The molecule has 3 rings (SSSR count). The van der Waals surface area contributed by atoms with Gasteiger partial charge >= 0.3 is 0 Å². The van der Waals surface area contributed by atoms with Gasteiger partial charge in [-0.2, -0.15) is 0 Å². The molecule has 0 aliphatic rings. The molecular weight excluding hydrogens is 516 g/mol. The third-order valence-electron chi connectivity index (χ3n) is 6.64. The van der Waals surface area contributed by atoms with Crippen molar-refractivity contribution < 1.29 is 27.4 Å². The molecule has 0 aliphatic carbocycles. The van der Waals surface area contributed by atoms with Gasteiger partial charge in [-0.05, 0) is 79.8 Å². The van der Waals surface area contributed by atoms with Gasteiger partial charge in [-0.3, -0.25) is 9.10 Å². The van der Waals surface area contributed by atoms with Crippen molar-refractivity contribution in [3.63, 3.8) is 0 Å². The van der Waals surface area contributed by atoms with Crippen LogP contribution in [-0.4, -0.2) is 42.2 Å². The molecule has 3 aromatic carbocycles. The van der Waals surface area contributed by atoms with Gasteiger partial charge in [0.2, 0.25) is 5.91 Å². The second-order valence-electron chi connectivity index (χ2n) is 9.76. The first kappa shape index (κ1) is 29.8. The maximum Gasteiger partial charge on any atom is 0.264 e. The van der Waals surface area contributed by atoms with Gasteiger partial charge < -0.3 is 19.5 Å². The van der Waals surface area contributed by atoms with Crippen LogP contribution in [0.15, 0.2) is 59.5 Å². The average Bonchev–Trinajstić information content (AvgIpc) is 2.90. The van der Waals surface area contributed by atoms with Crippen LogP contribution in [0.4, 0.5) is 5.69 Å². The first-order valence-electron chi connectivity index (χ1n) is 12.7. The highest BCUT2D eigenvalue weighted by Gasteiger charge is 2.29. The predicted molar refractivity (Wildman–Crippen MR) is 154 cm³/mol. The number of sulfonamides is 1. The second kappa shape index (κ2) is 12.4. The third-order valence-corrected chi connectivity index (χ3v) is 8.42. The first-order chi connectivity index (χ1) is 18.4. The SMILES string of the molecule is COc1ccc(N(CC(=O)N[C@H](C)c2cc(C(C)C)c(OC)cc2C)S(=O)(=O)c2ccc(C)cc2)cc1OC. The lowest BCUT2D eigenvalue weighted by atomic mass is 9.93. The van der Waals surface area contributed by atoms with E-state index in [0.717, 1.165) is 32.3 Å². The maximum absolute atomic E-state index is 13.8. The highest BCUT2D eigenvalue weighted by atomic mass is 32.2. The Hall–Kier alpha value is -3.72. The zero-order valence-electron chi connectivity index (χ0n) is 23.9. The fourth-order valence-electron chi connectivity index (χ4n) is 4.44. The molecule has 0 aromatic heterocycles. The molecule has 0 bridgehead atoms. The molecule has 0 radical (unpaired) electrons. The molecule has 3 aromatic rings. The molecule has 9 heteroatoms. The van der Waals surface area contributed by atoms with Gasteiger partial charge in [0.15, 0.2) is 11.5 Å². The summed E-state index contributed by atoms with van der Waals surface area (Å²) in [4.78, 5) is 13.5. The molecule has 0 aliphatic heterocycles. The molecule has 0 unspecified atom stereocenters. The highest BCUT2D eigenvalue weighted by Crippen LogP contribution is 2.35. The van der Waals surface area contributed by atoms with Crippen LogP contribution in [0.2, 0.25) is 0 Å². The molecule has 0 saturated heterocycles. The van der Waals surface area contributed by atoms with Gasteiger partial charge in [0.1, 0.15) is 12.3 Å². The van der Waals surface area contributed by atoms with E-state index in [9.17, 15) is 13.2 Å². The molecule has 1 N–H and O–H groups in total. The van der Waals surface area contributed by atoms with Crippen LogP contribution >= 0.6 is 0 Å². The Morgan fingerprint density at radius 1 is 0.821 bits per heavy atom. The van der Waals surface area contributed by atoms with E-state index >= 15 is 0 Å². The first-order valence-corrected chi connectivity index (χ1v) is 14.2. The van der Waals surface area contributed by atoms with E-state index in [1.807, 2.05) is 32.9 Å². The minimum absolute atomic E-state index is 0.0799. The minimum atomic E-state index is -4.09. The average molecular weight is 555 g/mol. The van der Waals surface area contributed by atoms with E-state index in [2.05, 4.69) is 19.2 Å². The number of hydrogen-bond donors (Lipinski definition) is 1. The molecule has 0 heterocycles. The molecule has 0 fully saturated rings. The number of carbonyl (C=O) groups is 1. The van der Waals surface area contributed by atoms with E-state index in [1.165, 1.54) is 26.4 Å². The normalized spacial score (nSPS) is 12.1. The fourth-order valence-corrected chi connectivity index (χ4v) is 5.85. The van der Waals surface area contributed by atoms with Crippen molar-refractivity contribution in [2.45, 2.75) is 51.5 Å². The van der Waals surface area contributed by atoms with E-state index in [-0.39, 0.29) is 22.5 Å². The van der Waals surface area contributed by atoms with Gasteiger partial charge in [-0.15, -0.1) is 0 Å². The Morgan fingerprint density at radius 3 is 2.00 bits per heavy atom. The monoisotopic (exact) mass is 554 g/mol. The summed E-state index contributed by atoms with van der Waals surface area (Å²) in [6, 6.07) is 14.9. The van der Waals surface area contributed by atoms with E-state index in [1.54, 1.807) is 37.4 Å². The number of hydrogen-bond acceptors (Lipinski definition) is 6. The summed E-state index contributed by atoms with van der Waals surface area (Å²) < 4.78 is 44.9. The minimum Gasteiger partial charge on any atom is -0.496 e. The summed E-state index contributed by atoms with van der Waals surface area (Å²) in [6.45, 7) is 9.45. The number of methoxy groups -OCH3 is 3. The number of aryl methyl sites for hydroxylation is 2. The van der Waals surface area contributed by atoms with Crippen molar-refractivity contribution in [3.8, 4) is 17.2 Å². The van der Waals surface area contributed by atoms with Crippen molar-refractivity contribution in [3.05, 3.63) is 76.9 Å². The number of benzene rings is 3. The number of amides is 1. The summed E-state index contributed by atoms with van der Waals surface area (Å²) in [5, 5.41) is 2.98. The van der Waals surface area contributed by atoms with Crippen molar-refractivity contribution >= 4 is 21.6 Å². The van der Waals surface area contributed by atoms with Crippen LogP contribution in [0.3, 0.4) is 0 Å². The van der Waals surface area contributed by atoms with Gasteiger partial charge in [-0.1, -0.05) is 31.5 Å². The predicted octanol–water partition coefficient (Wildman–Crippen LogP) is 5.53. The zero-order chi connectivity index (χ0) is 28.9. The van der Waals surface area contributed by atoms with E-state index in [0.29, 0.717) is 11.5 Å². The summed E-state index contributed by atoms with van der Waals surface area (Å²) in [5.74, 6) is 1.37. The molecule has 210 valence electrons. The lowest BCUT2D eigenvalue weighted by Crippen LogP contribution is -2.41. The number of nitrogens with zero attached hydrogens (tertiary/aromatic N) is 1. The largest absolute Gasteiger partial charge is 0.496 e. The van der Waals surface area contributed by atoms with Crippen molar-refractivity contribution in [1.82, 2.24) is 5.32 Å². The Kier molecular flexibility index (Phi) is 9.50. The molecule has 0 spiro atoms. The molecule has 39 heavy (non-hydrogen) atoms. The Labute approximate surface area is 231 Å². The summed E-state index contributed by atoms with van der Waals surface area (Å²) in [7, 11) is 0.524. The quantitative estimate of drug-likeness (QED) is 0.335. The topological polar surface area (TPSA) is 94.2 Å². The van der Waals surface area contributed by atoms with Crippen molar-refractivity contribution in [2.75, 3.05) is 32.2 Å². The zero-order valence-corrected chi connectivity index (χ0v) is 24.7. The van der Waals surface area contributed by atoms with Crippen molar-refractivity contribution in [1.29, 1.82) is 0 Å². The molecule has 8 nitrogen and oxygen atoms in total. The van der Waals surface area contributed by atoms with Crippen molar-refractivity contribution in [2.24, 2.45) is 0 Å². The van der Waals surface area contributed by atoms with Gasteiger partial charge in [0.05, 0.1) is 38.0 Å².